The van der Waals surface area contributed by atoms with E-state index in [1.165, 1.54) is 11.3 Å². The molecule has 2 unspecified atom stereocenters. The molecule has 1 saturated heterocycles. The number of nitrogens with zero attached hydrogens (tertiary/aromatic N) is 3. The van der Waals surface area contributed by atoms with Crippen LogP contribution in [0, 0.1) is 0 Å². The maximum absolute atomic E-state index is 11.7. The van der Waals surface area contributed by atoms with Gasteiger partial charge >= 0.3 is 0 Å². The number of carbonyl (C=O) groups is 1. The number of piperazine rings is 1. The second-order valence-electron chi connectivity index (χ2n) is 6.50. The third-order valence-corrected chi connectivity index (χ3v) is 5.07. The van der Waals surface area contributed by atoms with Crippen LogP contribution in [-0.2, 0) is 11.2 Å². The van der Waals surface area contributed by atoms with Gasteiger partial charge in [0.25, 0.3) is 0 Å². The molecule has 0 N–H and O–H groups in total. The van der Waals surface area contributed by atoms with Crippen LogP contribution >= 0.6 is 0 Å². The minimum atomic E-state index is 0.144. The second kappa shape index (κ2) is 5.34. The summed E-state index contributed by atoms with van der Waals surface area (Å²) in [6.07, 6.45) is 0.977. The summed E-state index contributed by atoms with van der Waals surface area (Å²) in [6.45, 7) is 9.11. The van der Waals surface area contributed by atoms with Crippen molar-refractivity contribution < 1.29 is 4.79 Å². The van der Waals surface area contributed by atoms with Gasteiger partial charge in [0.1, 0.15) is 0 Å². The highest BCUT2D eigenvalue weighted by Gasteiger charge is 2.28. The van der Waals surface area contributed by atoms with Crippen LogP contribution in [0.4, 0.5) is 11.4 Å². The summed E-state index contributed by atoms with van der Waals surface area (Å²) in [4.78, 5) is 18.5. The lowest BCUT2D eigenvalue weighted by Crippen LogP contribution is -2.55. The summed E-state index contributed by atoms with van der Waals surface area (Å²) < 4.78 is 0. The molecule has 2 aliphatic heterocycles. The Bertz CT molecular complexity index is 545. The molecule has 2 aliphatic rings. The highest BCUT2D eigenvalue weighted by molar-refractivity contribution is 5.94. The van der Waals surface area contributed by atoms with Crippen LogP contribution in [0.15, 0.2) is 18.2 Å². The van der Waals surface area contributed by atoms with Gasteiger partial charge in [-0.05, 0) is 45.0 Å². The van der Waals surface area contributed by atoms with Crippen LogP contribution in [0.2, 0.25) is 0 Å². The van der Waals surface area contributed by atoms with Gasteiger partial charge in [-0.25, -0.2) is 0 Å². The Kier molecular flexibility index (Phi) is 3.66. The summed E-state index contributed by atoms with van der Waals surface area (Å²) in [5, 5.41) is 0. The zero-order valence-electron chi connectivity index (χ0n) is 13.5. The van der Waals surface area contributed by atoms with Crippen LogP contribution in [0.1, 0.15) is 26.3 Å². The maximum atomic E-state index is 11.7. The molecule has 1 fully saturated rings. The Hall–Kier alpha value is -1.55. The van der Waals surface area contributed by atoms with Gasteiger partial charge in [0.15, 0.2) is 0 Å². The van der Waals surface area contributed by atoms with Crippen molar-refractivity contribution in [1.29, 1.82) is 0 Å². The van der Waals surface area contributed by atoms with Crippen molar-refractivity contribution in [2.75, 3.05) is 36.5 Å². The smallest absolute Gasteiger partial charge is 0.223 e. The highest BCUT2D eigenvalue weighted by Crippen LogP contribution is 2.33. The standard InChI is InChI=1S/C17H25N3O/c1-12-10-19(11-13(2)18(12)4)16-6-5-15-7-8-20(14(3)21)17(15)9-16/h5-6,9,12-13H,7-8,10-11H2,1-4H3. The minimum Gasteiger partial charge on any atom is -0.368 e. The molecule has 4 nitrogen and oxygen atoms in total. The lowest BCUT2D eigenvalue weighted by atomic mass is 10.1. The third-order valence-electron chi connectivity index (χ3n) is 5.07. The lowest BCUT2D eigenvalue weighted by Gasteiger charge is -2.43. The molecule has 0 saturated carbocycles. The van der Waals surface area contributed by atoms with Gasteiger partial charge in [0, 0.05) is 50.0 Å². The predicted molar refractivity (Wildman–Crippen MR) is 87.1 cm³/mol. The molecule has 2 heterocycles. The molecule has 0 bridgehead atoms. The van der Waals surface area contributed by atoms with E-state index in [9.17, 15) is 4.79 Å². The predicted octanol–water partition coefficient (Wildman–Crippen LogP) is 2.12. The van der Waals surface area contributed by atoms with E-state index in [1.807, 2.05) is 4.90 Å². The number of anilines is 2. The normalized spacial score (nSPS) is 26.1. The molecule has 21 heavy (non-hydrogen) atoms. The first kappa shape index (κ1) is 14.4. The third kappa shape index (κ3) is 2.53. The van der Waals surface area contributed by atoms with E-state index >= 15 is 0 Å². The Labute approximate surface area is 127 Å². The number of carbonyl (C=O) groups excluding carboxylic acids is 1. The monoisotopic (exact) mass is 287 g/mol. The summed E-state index contributed by atoms with van der Waals surface area (Å²) in [6, 6.07) is 7.71. The number of hydrogen-bond donors (Lipinski definition) is 0. The van der Waals surface area contributed by atoms with Crippen LogP contribution in [0.25, 0.3) is 0 Å². The topological polar surface area (TPSA) is 26.8 Å². The zero-order chi connectivity index (χ0) is 15.1. The number of fused-ring (bicyclic) bond motifs is 1. The first-order valence-electron chi connectivity index (χ1n) is 7.85. The van der Waals surface area contributed by atoms with Crippen LogP contribution in [-0.4, -0.2) is 49.6 Å². The van der Waals surface area contributed by atoms with Gasteiger partial charge in [-0.15, -0.1) is 0 Å². The van der Waals surface area contributed by atoms with E-state index in [0.717, 1.165) is 31.7 Å². The summed E-state index contributed by atoms with van der Waals surface area (Å²) in [5.41, 5.74) is 3.65. The van der Waals surface area contributed by atoms with Gasteiger partial charge < -0.3 is 9.80 Å². The van der Waals surface area contributed by atoms with Gasteiger partial charge in [-0.1, -0.05) is 6.07 Å². The lowest BCUT2D eigenvalue weighted by molar-refractivity contribution is -0.116. The summed E-state index contributed by atoms with van der Waals surface area (Å²) >= 11 is 0. The van der Waals surface area contributed by atoms with Gasteiger partial charge in [0.2, 0.25) is 5.91 Å². The Morgan fingerprint density at radius 1 is 1.19 bits per heavy atom. The van der Waals surface area contributed by atoms with Crippen molar-refractivity contribution in [2.24, 2.45) is 0 Å². The minimum absolute atomic E-state index is 0.144. The van der Waals surface area contributed by atoms with Crippen molar-refractivity contribution in [3.8, 4) is 0 Å². The van der Waals surface area contributed by atoms with Gasteiger partial charge in [-0.2, -0.15) is 0 Å². The van der Waals surface area contributed by atoms with Crippen molar-refractivity contribution in [2.45, 2.75) is 39.3 Å². The van der Waals surface area contributed by atoms with Crippen molar-refractivity contribution >= 4 is 17.3 Å². The van der Waals surface area contributed by atoms with Crippen molar-refractivity contribution in [3.63, 3.8) is 0 Å². The van der Waals surface area contributed by atoms with Gasteiger partial charge in [-0.3, -0.25) is 9.69 Å². The molecule has 1 aromatic rings. The summed E-state index contributed by atoms with van der Waals surface area (Å²) in [7, 11) is 2.20. The molecule has 114 valence electrons. The Morgan fingerprint density at radius 2 is 1.86 bits per heavy atom. The van der Waals surface area contributed by atoms with Crippen molar-refractivity contribution in [1.82, 2.24) is 4.90 Å². The average molecular weight is 287 g/mol. The van der Waals surface area contributed by atoms with E-state index in [2.05, 4.69) is 48.9 Å². The molecule has 1 aromatic carbocycles. The van der Waals surface area contributed by atoms with E-state index in [-0.39, 0.29) is 5.91 Å². The van der Waals surface area contributed by atoms with E-state index in [0.29, 0.717) is 12.1 Å². The number of rotatable bonds is 1. The second-order valence-corrected chi connectivity index (χ2v) is 6.50. The number of hydrogen-bond acceptors (Lipinski definition) is 3. The Balaban J connectivity index is 1.87. The number of benzene rings is 1. The first-order chi connectivity index (χ1) is 9.97. The molecule has 0 aliphatic carbocycles. The summed E-state index contributed by atoms with van der Waals surface area (Å²) in [5.74, 6) is 0.144. The number of amides is 1. The fourth-order valence-electron chi connectivity index (χ4n) is 3.51. The largest absolute Gasteiger partial charge is 0.368 e. The molecular weight excluding hydrogens is 262 g/mol. The fourth-order valence-corrected chi connectivity index (χ4v) is 3.51. The molecule has 2 atom stereocenters. The van der Waals surface area contributed by atoms with Gasteiger partial charge in [0.05, 0.1) is 0 Å². The molecule has 4 heteroatoms. The average Bonchev–Trinajstić information content (AvgIpc) is 2.87. The molecular formula is C17H25N3O. The molecule has 0 spiro atoms. The SMILES string of the molecule is CC(=O)N1CCc2ccc(N3CC(C)N(C)C(C)C3)cc21. The quantitative estimate of drug-likeness (QED) is 0.791. The molecule has 1 amide bonds. The first-order valence-corrected chi connectivity index (χ1v) is 7.85. The van der Waals surface area contributed by atoms with Crippen LogP contribution in [0.5, 0.6) is 0 Å². The zero-order valence-corrected chi connectivity index (χ0v) is 13.5. The van der Waals surface area contributed by atoms with E-state index < -0.39 is 0 Å². The molecule has 0 aromatic heterocycles. The van der Waals surface area contributed by atoms with Crippen LogP contribution < -0.4 is 9.80 Å². The van der Waals surface area contributed by atoms with Crippen molar-refractivity contribution in [3.05, 3.63) is 23.8 Å². The fraction of sp³-hybridized carbons (Fsp3) is 0.588. The van der Waals surface area contributed by atoms with E-state index in [4.69, 9.17) is 0 Å². The van der Waals surface area contributed by atoms with Crippen LogP contribution in [0.3, 0.4) is 0 Å². The van der Waals surface area contributed by atoms with E-state index in [1.54, 1.807) is 6.92 Å². The number of likely N-dealkylation sites (N-methyl/N-ethyl adjacent to an activating group) is 1. The highest BCUT2D eigenvalue weighted by atomic mass is 16.2. The maximum Gasteiger partial charge on any atom is 0.223 e. The Morgan fingerprint density at radius 3 is 2.48 bits per heavy atom. The molecule has 0 radical (unpaired) electrons. The molecule has 3 rings (SSSR count).